The second-order valence-corrected chi connectivity index (χ2v) is 6.00. The van der Waals surface area contributed by atoms with Gasteiger partial charge >= 0.3 is 0 Å². The number of ether oxygens (including phenoxy) is 1. The summed E-state index contributed by atoms with van der Waals surface area (Å²) in [6, 6.07) is 10.0. The van der Waals surface area contributed by atoms with Crippen LogP contribution in [0.2, 0.25) is 0 Å². The van der Waals surface area contributed by atoms with Crippen LogP contribution in [0.3, 0.4) is 0 Å². The SMILES string of the molecule is CC[C@H](C)[C@H](NC(=O)c1ccc(OC)cc1)c1nc(-c2ccco2)no1. The van der Waals surface area contributed by atoms with Crippen LogP contribution in [-0.4, -0.2) is 23.2 Å². The highest BCUT2D eigenvalue weighted by atomic mass is 16.5. The Morgan fingerprint density at radius 1 is 1.27 bits per heavy atom. The first kappa shape index (κ1) is 17.7. The Morgan fingerprint density at radius 2 is 2.04 bits per heavy atom. The highest BCUT2D eigenvalue weighted by Gasteiger charge is 2.27. The van der Waals surface area contributed by atoms with Gasteiger partial charge in [-0.3, -0.25) is 4.79 Å². The van der Waals surface area contributed by atoms with Crippen molar-refractivity contribution in [1.82, 2.24) is 15.5 Å². The van der Waals surface area contributed by atoms with Crippen molar-refractivity contribution in [1.29, 1.82) is 0 Å². The van der Waals surface area contributed by atoms with Crippen molar-refractivity contribution < 1.29 is 18.5 Å². The lowest BCUT2D eigenvalue weighted by Crippen LogP contribution is -2.32. The van der Waals surface area contributed by atoms with Gasteiger partial charge in [-0.2, -0.15) is 4.98 Å². The van der Waals surface area contributed by atoms with Gasteiger partial charge < -0.3 is 19.0 Å². The second kappa shape index (κ2) is 7.86. The molecular formula is C19H21N3O4. The van der Waals surface area contributed by atoms with Crippen molar-refractivity contribution in [3.8, 4) is 17.3 Å². The molecule has 136 valence electrons. The fourth-order valence-corrected chi connectivity index (χ4v) is 2.52. The van der Waals surface area contributed by atoms with Gasteiger partial charge in [-0.05, 0) is 42.3 Å². The lowest BCUT2D eigenvalue weighted by molar-refractivity contribution is 0.0910. The second-order valence-electron chi connectivity index (χ2n) is 6.00. The molecule has 7 nitrogen and oxygen atoms in total. The van der Waals surface area contributed by atoms with Gasteiger partial charge in [-0.15, -0.1) is 0 Å². The van der Waals surface area contributed by atoms with Crippen LogP contribution in [0, 0.1) is 5.92 Å². The Balaban J connectivity index is 1.80. The number of carbonyl (C=O) groups is 1. The van der Waals surface area contributed by atoms with Gasteiger partial charge in [0.2, 0.25) is 11.7 Å². The molecule has 3 aromatic rings. The molecule has 0 radical (unpaired) electrons. The van der Waals surface area contributed by atoms with Gasteiger partial charge in [0.25, 0.3) is 5.91 Å². The maximum Gasteiger partial charge on any atom is 0.251 e. The third-order valence-corrected chi connectivity index (χ3v) is 4.30. The molecule has 0 spiro atoms. The van der Waals surface area contributed by atoms with Crippen molar-refractivity contribution in [2.24, 2.45) is 5.92 Å². The number of amides is 1. The molecule has 0 saturated carbocycles. The number of nitrogens with one attached hydrogen (secondary N) is 1. The number of furan rings is 1. The fraction of sp³-hybridized carbons (Fsp3) is 0.316. The van der Waals surface area contributed by atoms with E-state index in [9.17, 15) is 4.79 Å². The number of methoxy groups -OCH3 is 1. The van der Waals surface area contributed by atoms with Crippen LogP contribution in [0.4, 0.5) is 0 Å². The van der Waals surface area contributed by atoms with E-state index in [0.717, 1.165) is 6.42 Å². The average molecular weight is 355 g/mol. The molecule has 7 heteroatoms. The normalized spacial score (nSPS) is 13.2. The summed E-state index contributed by atoms with van der Waals surface area (Å²) < 4.78 is 15.8. The molecule has 0 fully saturated rings. The predicted molar refractivity (Wildman–Crippen MR) is 94.7 cm³/mol. The Bertz CT molecular complexity index is 840. The number of benzene rings is 1. The van der Waals surface area contributed by atoms with Crippen molar-refractivity contribution in [3.63, 3.8) is 0 Å². The summed E-state index contributed by atoms with van der Waals surface area (Å²) in [5.74, 6) is 1.83. The average Bonchev–Trinajstić information content (AvgIpc) is 3.36. The largest absolute Gasteiger partial charge is 0.497 e. The Kier molecular flexibility index (Phi) is 5.36. The maximum atomic E-state index is 12.6. The highest BCUT2D eigenvalue weighted by molar-refractivity contribution is 5.94. The van der Waals surface area contributed by atoms with E-state index in [4.69, 9.17) is 13.7 Å². The smallest absolute Gasteiger partial charge is 0.251 e. The first-order valence-corrected chi connectivity index (χ1v) is 8.44. The number of hydrogen-bond donors (Lipinski definition) is 1. The van der Waals surface area contributed by atoms with Gasteiger partial charge in [0.1, 0.15) is 11.8 Å². The van der Waals surface area contributed by atoms with Crippen molar-refractivity contribution >= 4 is 5.91 Å². The van der Waals surface area contributed by atoms with Crippen LogP contribution in [-0.2, 0) is 0 Å². The van der Waals surface area contributed by atoms with Crippen molar-refractivity contribution in [3.05, 3.63) is 54.1 Å². The molecule has 0 unspecified atom stereocenters. The summed E-state index contributed by atoms with van der Waals surface area (Å²) in [5.41, 5.74) is 0.532. The van der Waals surface area contributed by atoms with Crippen LogP contribution in [0.15, 0.2) is 51.6 Å². The van der Waals surface area contributed by atoms with Crippen LogP contribution in [0.5, 0.6) is 5.75 Å². The number of rotatable bonds is 7. The van der Waals surface area contributed by atoms with E-state index in [1.807, 2.05) is 13.8 Å². The van der Waals surface area contributed by atoms with Gasteiger partial charge in [0.05, 0.1) is 13.4 Å². The molecule has 0 aliphatic carbocycles. The molecule has 3 rings (SSSR count). The van der Waals surface area contributed by atoms with E-state index in [2.05, 4.69) is 15.5 Å². The zero-order valence-electron chi connectivity index (χ0n) is 14.9. The third-order valence-electron chi connectivity index (χ3n) is 4.30. The standard InChI is InChI=1S/C19H21N3O4/c1-4-12(2)16(19-21-17(22-26-19)15-6-5-11-25-15)20-18(23)13-7-9-14(24-3)10-8-13/h5-12,16H,4H2,1-3H3,(H,20,23)/t12-,16-/m0/s1. The molecule has 0 saturated heterocycles. The molecule has 2 heterocycles. The molecule has 2 atom stereocenters. The minimum Gasteiger partial charge on any atom is -0.497 e. The van der Waals surface area contributed by atoms with Gasteiger partial charge in [0.15, 0.2) is 5.76 Å². The summed E-state index contributed by atoms with van der Waals surface area (Å²) in [5, 5.41) is 6.94. The molecule has 1 aromatic carbocycles. The molecule has 26 heavy (non-hydrogen) atoms. The first-order chi connectivity index (χ1) is 12.6. The van der Waals surface area contributed by atoms with E-state index in [-0.39, 0.29) is 11.8 Å². The lowest BCUT2D eigenvalue weighted by Gasteiger charge is -2.20. The lowest BCUT2D eigenvalue weighted by atomic mass is 9.98. The Labute approximate surface area is 151 Å². The highest BCUT2D eigenvalue weighted by Crippen LogP contribution is 2.26. The first-order valence-electron chi connectivity index (χ1n) is 8.44. The van der Waals surface area contributed by atoms with Gasteiger partial charge in [0, 0.05) is 5.56 Å². The van der Waals surface area contributed by atoms with Crippen LogP contribution in [0.1, 0.15) is 42.6 Å². The minimum atomic E-state index is -0.397. The van der Waals surface area contributed by atoms with Crippen LogP contribution < -0.4 is 10.1 Å². The number of carbonyl (C=O) groups excluding carboxylic acids is 1. The zero-order chi connectivity index (χ0) is 18.5. The van der Waals surface area contributed by atoms with Gasteiger partial charge in [-0.25, -0.2) is 0 Å². The summed E-state index contributed by atoms with van der Waals surface area (Å²) in [6.07, 6.45) is 2.38. The Hall–Kier alpha value is -3.09. The maximum absolute atomic E-state index is 12.6. The number of hydrogen-bond acceptors (Lipinski definition) is 6. The monoisotopic (exact) mass is 355 g/mol. The molecule has 0 aliphatic heterocycles. The van der Waals surface area contributed by atoms with E-state index in [1.165, 1.54) is 0 Å². The summed E-state index contributed by atoms with van der Waals surface area (Å²) in [7, 11) is 1.58. The van der Waals surface area contributed by atoms with E-state index < -0.39 is 6.04 Å². The van der Waals surface area contributed by atoms with Crippen molar-refractivity contribution in [2.75, 3.05) is 7.11 Å². The van der Waals surface area contributed by atoms with E-state index in [1.54, 1.807) is 49.8 Å². The topological polar surface area (TPSA) is 90.4 Å². The summed E-state index contributed by atoms with van der Waals surface area (Å²) in [6.45, 7) is 4.07. The molecule has 0 aliphatic rings. The fourth-order valence-electron chi connectivity index (χ4n) is 2.52. The molecular weight excluding hydrogens is 334 g/mol. The number of aromatic nitrogens is 2. The zero-order valence-corrected chi connectivity index (χ0v) is 14.9. The molecule has 2 aromatic heterocycles. The predicted octanol–water partition coefficient (Wildman–Crippen LogP) is 3.86. The minimum absolute atomic E-state index is 0.113. The van der Waals surface area contributed by atoms with Gasteiger partial charge in [-0.1, -0.05) is 25.4 Å². The molecule has 0 bridgehead atoms. The van der Waals surface area contributed by atoms with E-state index >= 15 is 0 Å². The molecule has 1 amide bonds. The van der Waals surface area contributed by atoms with Crippen molar-refractivity contribution in [2.45, 2.75) is 26.3 Å². The number of nitrogens with zero attached hydrogens (tertiary/aromatic N) is 2. The molecule has 1 N–H and O–H groups in total. The summed E-state index contributed by atoms with van der Waals surface area (Å²) in [4.78, 5) is 17.0. The Morgan fingerprint density at radius 3 is 2.65 bits per heavy atom. The third kappa shape index (κ3) is 3.77. The van der Waals surface area contributed by atoms with E-state index in [0.29, 0.717) is 28.8 Å². The quantitative estimate of drug-likeness (QED) is 0.692. The summed E-state index contributed by atoms with van der Waals surface area (Å²) >= 11 is 0. The van der Waals surface area contributed by atoms with Crippen LogP contribution in [0.25, 0.3) is 11.6 Å². The van der Waals surface area contributed by atoms with Crippen LogP contribution >= 0.6 is 0 Å².